The van der Waals surface area contributed by atoms with Crippen molar-refractivity contribution >= 4 is 34.7 Å². The number of amides is 3. The van der Waals surface area contributed by atoms with E-state index in [1.165, 1.54) is 11.8 Å². The number of nitrogens with zero attached hydrogens (tertiary/aromatic N) is 1. The zero-order valence-corrected chi connectivity index (χ0v) is 13.9. The maximum absolute atomic E-state index is 12.0. The minimum absolute atomic E-state index is 0.354. The van der Waals surface area contributed by atoms with E-state index in [4.69, 9.17) is 0 Å². The van der Waals surface area contributed by atoms with Gasteiger partial charge in [0.2, 0.25) is 5.91 Å². The molecule has 0 bridgehead atoms. The number of H-pyrrole nitrogens is 1. The first-order chi connectivity index (χ1) is 10.2. The molecule has 118 valence electrons. The number of hydrogen-bond donors (Lipinski definition) is 3. The van der Waals surface area contributed by atoms with Crippen LogP contribution < -0.4 is 10.6 Å². The fourth-order valence-electron chi connectivity index (χ4n) is 1.79. The maximum Gasteiger partial charge on any atom is 0.321 e. The number of carbonyl (C=O) groups is 2. The van der Waals surface area contributed by atoms with Gasteiger partial charge in [-0.1, -0.05) is 23.9 Å². The molecule has 0 saturated carbocycles. The van der Waals surface area contributed by atoms with Crippen molar-refractivity contribution in [2.24, 2.45) is 0 Å². The van der Waals surface area contributed by atoms with Crippen LogP contribution >= 0.6 is 11.8 Å². The van der Waals surface area contributed by atoms with Crippen molar-refractivity contribution in [2.45, 2.75) is 43.6 Å². The van der Waals surface area contributed by atoms with Gasteiger partial charge in [0, 0.05) is 5.54 Å². The van der Waals surface area contributed by atoms with Crippen molar-refractivity contribution < 1.29 is 9.59 Å². The minimum atomic E-state index is -0.491. The molecule has 1 aromatic carbocycles. The van der Waals surface area contributed by atoms with Gasteiger partial charge in [-0.2, -0.15) is 0 Å². The van der Waals surface area contributed by atoms with E-state index in [-0.39, 0.29) is 11.4 Å². The van der Waals surface area contributed by atoms with Gasteiger partial charge in [-0.05, 0) is 39.8 Å². The van der Waals surface area contributed by atoms with Gasteiger partial charge in [-0.15, -0.1) is 0 Å². The fraction of sp³-hybridized carbons (Fsp3) is 0.400. The lowest BCUT2D eigenvalue weighted by Gasteiger charge is -2.21. The number of para-hydroxylation sites is 2. The highest BCUT2D eigenvalue weighted by Gasteiger charge is 2.21. The summed E-state index contributed by atoms with van der Waals surface area (Å²) in [4.78, 5) is 31.3. The first-order valence-corrected chi connectivity index (χ1v) is 7.87. The Balaban J connectivity index is 1.95. The van der Waals surface area contributed by atoms with Crippen molar-refractivity contribution in [3.8, 4) is 0 Å². The molecule has 0 saturated heterocycles. The van der Waals surface area contributed by atoms with Gasteiger partial charge in [0.05, 0.1) is 16.3 Å². The van der Waals surface area contributed by atoms with E-state index in [1.807, 2.05) is 45.0 Å². The van der Waals surface area contributed by atoms with Crippen LogP contribution in [0.3, 0.4) is 0 Å². The summed E-state index contributed by atoms with van der Waals surface area (Å²) in [5.74, 6) is -0.354. The normalized spacial score (nSPS) is 12.9. The summed E-state index contributed by atoms with van der Waals surface area (Å²) >= 11 is 1.28. The monoisotopic (exact) mass is 320 g/mol. The third-order valence-corrected chi connectivity index (χ3v) is 3.73. The van der Waals surface area contributed by atoms with E-state index in [0.717, 1.165) is 11.0 Å². The van der Waals surface area contributed by atoms with Crippen LogP contribution in [0.2, 0.25) is 0 Å². The first kappa shape index (κ1) is 16.4. The Morgan fingerprint density at radius 3 is 2.59 bits per heavy atom. The smallest absolute Gasteiger partial charge is 0.321 e. The molecule has 3 amide bonds. The molecule has 3 N–H and O–H groups in total. The van der Waals surface area contributed by atoms with E-state index in [9.17, 15) is 9.59 Å². The molecule has 6 nitrogen and oxygen atoms in total. The van der Waals surface area contributed by atoms with E-state index < -0.39 is 11.3 Å². The number of imide groups is 1. The summed E-state index contributed by atoms with van der Waals surface area (Å²) in [6, 6.07) is 7.16. The fourth-order valence-corrected chi connectivity index (χ4v) is 2.61. The van der Waals surface area contributed by atoms with Crippen molar-refractivity contribution in [3.05, 3.63) is 24.3 Å². The molecular formula is C15H20N4O2S. The topological polar surface area (TPSA) is 86.9 Å². The van der Waals surface area contributed by atoms with Gasteiger partial charge in [0.25, 0.3) is 0 Å². The highest BCUT2D eigenvalue weighted by atomic mass is 32.2. The van der Waals surface area contributed by atoms with Crippen LogP contribution in [0.4, 0.5) is 4.79 Å². The molecule has 7 heteroatoms. The standard InChI is InChI=1S/C15H20N4O2S/c1-9(12(20)18-13(21)19-15(2,3)4)22-14-16-10-7-5-6-8-11(10)17-14/h5-9H,1-4H3,(H,16,17)(H2,18,19,20,21). The Bertz CT molecular complexity index is 657. The number of aromatic amines is 1. The zero-order valence-electron chi connectivity index (χ0n) is 13.1. The van der Waals surface area contributed by atoms with Crippen molar-refractivity contribution in [1.29, 1.82) is 0 Å². The van der Waals surface area contributed by atoms with Gasteiger partial charge in [0.1, 0.15) is 0 Å². The van der Waals surface area contributed by atoms with Crippen LogP contribution in [0.15, 0.2) is 29.4 Å². The second-order valence-corrected chi connectivity index (χ2v) is 7.34. The van der Waals surface area contributed by atoms with Gasteiger partial charge >= 0.3 is 6.03 Å². The molecule has 0 spiro atoms. The number of urea groups is 1. The molecule has 1 atom stereocenters. The lowest BCUT2D eigenvalue weighted by molar-refractivity contribution is -0.119. The summed E-state index contributed by atoms with van der Waals surface area (Å²) in [5, 5.41) is 5.24. The maximum atomic E-state index is 12.0. The predicted octanol–water partition coefficient (Wildman–Crippen LogP) is 2.67. The summed E-state index contributed by atoms with van der Waals surface area (Å²) in [7, 11) is 0. The highest BCUT2D eigenvalue weighted by Crippen LogP contribution is 2.23. The Hall–Kier alpha value is -2.02. The molecule has 0 aliphatic rings. The van der Waals surface area contributed by atoms with Gasteiger partial charge < -0.3 is 10.3 Å². The van der Waals surface area contributed by atoms with E-state index in [2.05, 4.69) is 20.6 Å². The largest absolute Gasteiger partial charge is 0.333 e. The summed E-state index contributed by atoms with van der Waals surface area (Å²) < 4.78 is 0. The van der Waals surface area contributed by atoms with Gasteiger partial charge in [0.15, 0.2) is 5.16 Å². The number of thioether (sulfide) groups is 1. The van der Waals surface area contributed by atoms with Crippen molar-refractivity contribution in [1.82, 2.24) is 20.6 Å². The lowest BCUT2D eigenvalue weighted by atomic mass is 10.1. The quantitative estimate of drug-likeness (QED) is 0.759. The summed E-state index contributed by atoms with van der Waals surface area (Å²) in [6.07, 6.45) is 0. The number of nitrogens with one attached hydrogen (secondary N) is 3. The Labute approximate surface area is 133 Å². The first-order valence-electron chi connectivity index (χ1n) is 6.99. The molecule has 0 aliphatic carbocycles. The van der Waals surface area contributed by atoms with Crippen LogP contribution in [0, 0.1) is 0 Å². The molecule has 2 aromatic rings. The van der Waals surface area contributed by atoms with E-state index in [0.29, 0.717) is 5.16 Å². The zero-order chi connectivity index (χ0) is 16.3. The Morgan fingerprint density at radius 1 is 1.27 bits per heavy atom. The second-order valence-electron chi connectivity index (χ2n) is 6.01. The van der Waals surface area contributed by atoms with E-state index >= 15 is 0 Å². The molecule has 1 unspecified atom stereocenters. The molecule has 2 rings (SSSR count). The average molecular weight is 320 g/mol. The lowest BCUT2D eigenvalue weighted by Crippen LogP contribution is -2.49. The van der Waals surface area contributed by atoms with Crippen LogP contribution in [0.25, 0.3) is 11.0 Å². The molecule has 0 radical (unpaired) electrons. The van der Waals surface area contributed by atoms with Gasteiger partial charge in [-0.3, -0.25) is 10.1 Å². The number of hydrogen-bond acceptors (Lipinski definition) is 4. The van der Waals surface area contributed by atoms with E-state index in [1.54, 1.807) is 6.92 Å². The third kappa shape index (κ3) is 4.49. The SMILES string of the molecule is CC(Sc1nc2ccccc2[nH]1)C(=O)NC(=O)NC(C)(C)C. The number of carbonyl (C=O) groups excluding carboxylic acids is 2. The number of fused-ring (bicyclic) bond motifs is 1. The molecule has 0 fully saturated rings. The van der Waals surface area contributed by atoms with Crippen LogP contribution in [0.5, 0.6) is 0 Å². The predicted molar refractivity (Wildman–Crippen MR) is 87.8 cm³/mol. The second kappa shape index (κ2) is 6.39. The van der Waals surface area contributed by atoms with Crippen LogP contribution in [0.1, 0.15) is 27.7 Å². The Morgan fingerprint density at radius 2 is 1.95 bits per heavy atom. The summed E-state index contributed by atoms with van der Waals surface area (Å²) in [5.41, 5.74) is 1.38. The number of benzene rings is 1. The molecular weight excluding hydrogens is 300 g/mol. The summed E-state index contributed by atoms with van der Waals surface area (Å²) in [6.45, 7) is 7.29. The number of imidazole rings is 1. The molecule has 0 aliphatic heterocycles. The van der Waals surface area contributed by atoms with Crippen molar-refractivity contribution in [2.75, 3.05) is 0 Å². The third-order valence-electron chi connectivity index (χ3n) is 2.75. The highest BCUT2D eigenvalue weighted by molar-refractivity contribution is 8.00. The number of rotatable bonds is 3. The average Bonchev–Trinajstić information content (AvgIpc) is 2.78. The van der Waals surface area contributed by atoms with Crippen molar-refractivity contribution in [3.63, 3.8) is 0 Å². The molecule has 22 heavy (non-hydrogen) atoms. The van der Waals surface area contributed by atoms with Gasteiger partial charge in [-0.25, -0.2) is 9.78 Å². The molecule has 1 heterocycles. The van der Waals surface area contributed by atoms with Crippen LogP contribution in [-0.2, 0) is 4.79 Å². The van der Waals surface area contributed by atoms with Crippen LogP contribution in [-0.4, -0.2) is 32.7 Å². The number of aromatic nitrogens is 2. The Kier molecular flexibility index (Phi) is 4.75. The minimum Gasteiger partial charge on any atom is -0.333 e. The molecule has 1 aromatic heterocycles.